The Kier molecular flexibility index (Phi) is 3.58. The third-order valence-electron chi connectivity index (χ3n) is 2.48. The lowest BCUT2D eigenvalue weighted by Gasteiger charge is -2.15. The van der Waals surface area contributed by atoms with Gasteiger partial charge in [-0.15, -0.1) is 0 Å². The van der Waals surface area contributed by atoms with E-state index in [0.29, 0.717) is 0 Å². The smallest absolute Gasteiger partial charge is 0.240 e. The number of hydrogen-bond acceptors (Lipinski definition) is 1. The fraction of sp³-hybridized carbons (Fsp3) is 0.455. The molecule has 0 saturated heterocycles. The first kappa shape index (κ1) is 11.1. The number of nitrogens with two attached hydrogens (primary N) is 1. The first-order valence-electron chi connectivity index (χ1n) is 4.62. The van der Waals surface area contributed by atoms with E-state index < -0.39 is 12.5 Å². The first-order chi connectivity index (χ1) is 6.52. The minimum absolute atomic E-state index is 0.274. The maximum Gasteiger partial charge on any atom is 0.240 e. The highest BCUT2D eigenvalue weighted by Crippen LogP contribution is 2.23. The van der Waals surface area contributed by atoms with Crippen LogP contribution in [0.1, 0.15) is 29.2 Å². The summed E-state index contributed by atoms with van der Waals surface area (Å²) in [5, 5.41) is 0. The molecule has 0 fully saturated rings. The number of aryl methyl sites for hydroxylation is 1. The molecule has 1 atom stereocenters. The molecule has 1 rings (SSSR count). The summed E-state index contributed by atoms with van der Waals surface area (Å²) in [5.74, 6) is 0. The summed E-state index contributed by atoms with van der Waals surface area (Å²) in [6.45, 7) is 3.87. The SMILES string of the molecule is Cc1cccc([C@@H](N)CC(F)F)c1C. The van der Waals surface area contributed by atoms with Gasteiger partial charge in [-0.25, -0.2) is 8.78 Å². The standard InChI is InChI=1S/C11H15F2N/c1-7-4-3-5-9(8(7)2)10(14)6-11(12)13/h3-5,10-11H,6,14H2,1-2H3/t10-/m0/s1. The zero-order chi connectivity index (χ0) is 10.7. The minimum atomic E-state index is -2.34. The van der Waals surface area contributed by atoms with Crippen molar-refractivity contribution in [3.63, 3.8) is 0 Å². The molecule has 0 unspecified atom stereocenters. The summed E-state index contributed by atoms with van der Waals surface area (Å²) in [4.78, 5) is 0. The van der Waals surface area contributed by atoms with Crippen LogP contribution in [-0.2, 0) is 0 Å². The van der Waals surface area contributed by atoms with Crippen molar-refractivity contribution in [2.45, 2.75) is 32.7 Å². The number of benzene rings is 1. The average Bonchev–Trinajstić information content (AvgIpc) is 2.08. The van der Waals surface area contributed by atoms with E-state index in [-0.39, 0.29) is 6.42 Å². The molecule has 1 aromatic carbocycles. The Morgan fingerprint density at radius 3 is 2.50 bits per heavy atom. The Hall–Kier alpha value is -0.960. The van der Waals surface area contributed by atoms with Gasteiger partial charge in [0.15, 0.2) is 0 Å². The van der Waals surface area contributed by atoms with E-state index in [2.05, 4.69) is 0 Å². The molecule has 0 saturated carbocycles. The molecule has 0 heterocycles. The molecule has 14 heavy (non-hydrogen) atoms. The van der Waals surface area contributed by atoms with Crippen molar-refractivity contribution in [2.24, 2.45) is 5.73 Å². The second kappa shape index (κ2) is 4.51. The fourth-order valence-electron chi connectivity index (χ4n) is 1.49. The Morgan fingerprint density at radius 2 is 1.93 bits per heavy atom. The van der Waals surface area contributed by atoms with Crippen molar-refractivity contribution in [1.82, 2.24) is 0 Å². The molecule has 3 heteroatoms. The third-order valence-corrected chi connectivity index (χ3v) is 2.48. The van der Waals surface area contributed by atoms with E-state index in [1.807, 2.05) is 32.0 Å². The van der Waals surface area contributed by atoms with E-state index >= 15 is 0 Å². The molecule has 0 bridgehead atoms. The summed E-state index contributed by atoms with van der Waals surface area (Å²) in [7, 11) is 0. The zero-order valence-corrected chi connectivity index (χ0v) is 8.43. The Morgan fingerprint density at radius 1 is 1.29 bits per heavy atom. The quantitative estimate of drug-likeness (QED) is 0.795. The molecule has 0 aliphatic rings. The van der Waals surface area contributed by atoms with Crippen molar-refractivity contribution in [2.75, 3.05) is 0 Å². The third kappa shape index (κ3) is 2.51. The summed E-state index contributed by atoms with van der Waals surface area (Å²) >= 11 is 0. The lowest BCUT2D eigenvalue weighted by molar-refractivity contribution is 0.128. The highest BCUT2D eigenvalue weighted by molar-refractivity contribution is 5.35. The predicted molar refractivity (Wildman–Crippen MR) is 53.5 cm³/mol. The Balaban J connectivity index is 2.89. The predicted octanol–water partition coefficient (Wildman–Crippen LogP) is 2.96. The van der Waals surface area contributed by atoms with Gasteiger partial charge in [-0.2, -0.15) is 0 Å². The van der Waals surface area contributed by atoms with E-state index in [1.165, 1.54) is 0 Å². The van der Waals surface area contributed by atoms with Gasteiger partial charge in [0.25, 0.3) is 0 Å². The molecule has 78 valence electrons. The van der Waals surface area contributed by atoms with Crippen molar-refractivity contribution in [3.8, 4) is 0 Å². The van der Waals surface area contributed by atoms with E-state index in [1.54, 1.807) is 0 Å². The van der Waals surface area contributed by atoms with Gasteiger partial charge < -0.3 is 5.73 Å². The summed E-state index contributed by atoms with van der Waals surface area (Å²) in [6, 6.07) is 5.06. The molecule has 0 aromatic heterocycles. The van der Waals surface area contributed by atoms with Gasteiger partial charge in [0.05, 0.1) is 0 Å². The molecule has 0 radical (unpaired) electrons. The fourth-order valence-corrected chi connectivity index (χ4v) is 1.49. The molecule has 0 aliphatic heterocycles. The van der Waals surface area contributed by atoms with Crippen LogP contribution < -0.4 is 5.73 Å². The highest BCUT2D eigenvalue weighted by Gasteiger charge is 2.14. The van der Waals surface area contributed by atoms with Gasteiger partial charge in [-0.3, -0.25) is 0 Å². The van der Waals surface area contributed by atoms with Crippen LogP contribution in [0.3, 0.4) is 0 Å². The molecular weight excluding hydrogens is 184 g/mol. The normalized spacial score (nSPS) is 13.3. The van der Waals surface area contributed by atoms with Crippen LogP contribution >= 0.6 is 0 Å². The van der Waals surface area contributed by atoms with Gasteiger partial charge >= 0.3 is 0 Å². The zero-order valence-electron chi connectivity index (χ0n) is 8.43. The van der Waals surface area contributed by atoms with Crippen LogP contribution in [0.15, 0.2) is 18.2 Å². The number of alkyl halides is 2. The van der Waals surface area contributed by atoms with E-state index in [0.717, 1.165) is 16.7 Å². The molecule has 0 spiro atoms. The molecule has 1 nitrogen and oxygen atoms in total. The van der Waals surface area contributed by atoms with Gasteiger partial charge in [0.2, 0.25) is 6.43 Å². The van der Waals surface area contributed by atoms with Crippen LogP contribution in [0.4, 0.5) is 8.78 Å². The molecule has 2 N–H and O–H groups in total. The van der Waals surface area contributed by atoms with Crippen molar-refractivity contribution >= 4 is 0 Å². The number of rotatable bonds is 3. The van der Waals surface area contributed by atoms with Gasteiger partial charge in [0, 0.05) is 12.5 Å². The minimum Gasteiger partial charge on any atom is -0.324 e. The monoisotopic (exact) mass is 199 g/mol. The van der Waals surface area contributed by atoms with Gasteiger partial charge in [-0.05, 0) is 30.5 Å². The lowest BCUT2D eigenvalue weighted by atomic mass is 9.96. The topological polar surface area (TPSA) is 26.0 Å². The Bertz CT molecular complexity index is 310. The van der Waals surface area contributed by atoms with Crippen LogP contribution in [-0.4, -0.2) is 6.43 Å². The molecular formula is C11H15F2N. The summed E-state index contributed by atoms with van der Waals surface area (Å²) in [6.07, 6.45) is -2.62. The number of hydrogen-bond donors (Lipinski definition) is 1. The first-order valence-corrected chi connectivity index (χ1v) is 4.62. The summed E-state index contributed by atoms with van der Waals surface area (Å²) < 4.78 is 24.2. The summed E-state index contributed by atoms with van der Waals surface area (Å²) in [5.41, 5.74) is 8.61. The molecule has 0 aliphatic carbocycles. The lowest BCUT2D eigenvalue weighted by Crippen LogP contribution is -2.15. The molecule has 0 amide bonds. The van der Waals surface area contributed by atoms with Crippen molar-refractivity contribution < 1.29 is 8.78 Å². The van der Waals surface area contributed by atoms with Crippen LogP contribution in [0.5, 0.6) is 0 Å². The van der Waals surface area contributed by atoms with E-state index in [4.69, 9.17) is 5.73 Å². The Labute approximate surface area is 82.9 Å². The van der Waals surface area contributed by atoms with Crippen molar-refractivity contribution in [3.05, 3.63) is 34.9 Å². The van der Waals surface area contributed by atoms with Crippen LogP contribution in [0.2, 0.25) is 0 Å². The maximum absolute atomic E-state index is 12.1. The maximum atomic E-state index is 12.1. The number of halogens is 2. The molecule has 1 aromatic rings. The second-order valence-corrected chi connectivity index (χ2v) is 3.52. The van der Waals surface area contributed by atoms with Gasteiger partial charge in [0.1, 0.15) is 0 Å². The average molecular weight is 199 g/mol. The van der Waals surface area contributed by atoms with Gasteiger partial charge in [-0.1, -0.05) is 18.2 Å². The largest absolute Gasteiger partial charge is 0.324 e. The highest BCUT2D eigenvalue weighted by atomic mass is 19.3. The van der Waals surface area contributed by atoms with Crippen molar-refractivity contribution in [1.29, 1.82) is 0 Å². The van der Waals surface area contributed by atoms with E-state index in [9.17, 15) is 8.78 Å². The van der Waals surface area contributed by atoms with Crippen LogP contribution in [0.25, 0.3) is 0 Å². The van der Waals surface area contributed by atoms with Crippen LogP contribution in [0, 0.1) is 13.8 Å². The second-order valence-electron chi connectivity index (χ2n) is 3.52.